The second-order valence-corrected chi connectivity index (χ2v) is 13.6. The molecular formula is C34H16F6N2O4S2. The summed E-state index contributed by atoms with van der Waals surface area (Å²) in [7, 11) is 3.62. The number of carbonyl (C=O) groups excluding carboxylic acids is 4. The Bertz CT molecular complexity index is 2590. The fourth-order valence-corrected chi connectivity index (χ4v) is 9.00. The topological polar surface area (TPSA) is 78.1 Å². The monoisotopic (exact) mass is 694 g/mol. The molecule has 2 aliphatic rings. The van der Waals surface area contributed by atoms with Crippen molar-refractivity contribution in [2.24, 2.45) is 14.1 Å². The fourth-order valence-electron chi connectivity index (χ4n) is 6.42. The molecule has 0 spiro atoms. The number of fused-ring (bicyclic) bond motifs is 7. The highest BCUT2D eigenvalue weighted by Gasteiger charge is 2.39. The summed E-state index contributed by atoms with van der Waals surface area (Å²) in [6.07, 6.45) is -6.31. The number of benzene rings is 2. The van der Waals surface area contributed by atoms with Crippen molar-refractivity contribution in [3.8, 4) is 0 Å². The van der Waals surface area contributed by atoms with Gasteiger partial charge in [0.15, 0.2) is 0 Å². The second kappa shape index (κ2) is 9.73. The molecule has 0 saturated heterocycles. The average molecular weight is 695 g/mol. The lowest BCUT2D eigenvalue weighted by atomic mass is 10.0. The Hall–Kier alpha value is -5.08. The minimum atomic E-state index is -4.66. The van der Waals surface area contributed by atoms with E-state index >= 15 is 0 Å². The second-order valence-electron chi connectivity index (χ2n) is 11.5. The Kier molecular flexibility index (Phi) is 6.14. The molecule has 0 bridgehead atoms. The lowest BCUT2D eigenvalue weighted by Gasteiger charge is -2.08. The van der Waals surface area contributed by atoms with Gasteiger partial charge in [-0.3, -0.25) is 19.2 Å². The molecule has 4 aromatic heterocycles. The summed E-state index contributed by atoms with van der Waals surface area (Å²) in [6.45, 7) is 0. The smallest absolute Gasteiger partial charge is 0.342 e. The van der Waals surface area contributed by atoms with E-state index in [9.17, 15) is 45.5 Å². The van der Waals surface area contributed by atoms with Gasteiger partial charge >= 0.3 is 12.4 Å². The number of halogens is 6. The molecule has 8 rings (SSSR count). The molecule has 2 aliphatic carbocycles. The van der Waals surface area contributed by atoms with E-state index in [0.717, 1.165) is 54.9 Å². The summed E-state index contributed by atoms with van der Waals surface area (Å²) in [6, 6.07) is 9.03. The van der Waals surface area contributed by atoms with Crippen molar-refractivity contribution < 1.29 is 45.5 Å². The number of aromatic nitrogens is 2. The van der Waals surface area contributed by atoms with Crippen molar-refractivity contribution in [2.45, 2.75) is 12.4 Å². The van der Waals surface area contributed by atoms with Gasteiger partial charge in [0, 0.05) is 46.9 Å². The Morgan fingerprint density at radius 1 is 0.583 bits per heavy atom. The maximum absolute atomic E-state index is 13.2. The fraction of sp³-hybridized carbons (Fsp3) is 0.118. The minimum absolute atomic E-state index is 0.00918. The van der Waals surface area contributed by atoms with Gasteiger partial charge < -0.3 is 9.13 Å². The normalized spacial score (nSPS) is 17.0. The zero-order chi connectivity index (χ0) is 34.2. The first kappa shape index (κ1) is 30.3. The van der Waals surface area contributed by atoms with Crippen LogP contribution in [0.25, 0.3) is 53.9 Å². The van der Waals surface area contributed by atoms with Gasteiger partial charge in [-0.15, -0.1) is 22.7 Å². The van der Waals surface area contributed by atoms with E-state index in [-0.39, 0.29) is 33.4 Å². The summed E-state index contributed by atoms with van der Waals surface area (Å²) < 4.78 is 85.8. The van der Waals surface area contributed by atoms with Crippen molar-refractivity contribution in [2.75, 3.05) is 0 Å². The average Bonchev–Trinajstić information content (AvgIpc) is 3.82. The van der Waals surface area contributed by atoms with Gasteiger partial charge in [-0.2, -0.15) is 26.3 Å². The maximum atomic E-state index is 13.2. The zero-order valence-electron chi connectivity index (χ0n) is 24.4. The molecule has 0 saturated carbocycles. The highest BCUT2D eigenvalue weighted by atomic mass is 32.1. The standard InChI is InChI=1S/C34H16F6N2O4S2/c1-41-15(9-21-17-5-3-13(33(35,36)37)7-19(17)27(43)29(21)45)10-24-25(41)26-32(48-24)31-23(42(26)2)12-16(47-31)11-22-18-6-4-14(34(38,39)40)8-20(18)28(44)30(22)46/h3-12H,1-2H3/b21-9-,22-11-. The molecule has 0 amide bonds. The molecule has 0 atom stereocenters. The number of hydrogen-bond donors (Lipinski definition) is 0. The highest BCUT2D eigenvalue weighted by molar-refractivity contribution is 7.31. The Labute approximate surface area is 272 Å². The lowest BCUT2D eigenvalue weighted by molar-refractivity contribution is -0.138. The van der Waals surface area contributed by atoms with Crippen LogP contribution in [0, 0.1) is 0 Å². The van der Waals surface area contributed by atoms with Crippen LogP contribution in [0.1, 0.15) is 53.5 Å². The number of alkyl halides is 6. The summed E-state index contributed by atoms with van der Waals surface area (Å²) in [5.41, 5.74) is 0.795. The maximum Gasteiger partial charge on any atom is 0.416 e. The van der Waals surface area contributed by atoms with Gasteiger partial charge in [-0.25, -0.2) is 0 Å². The molecular weight excluding hydrogens is 679 g/mol. The van der Waals surface area contributed by atoms with Gasteiger partial charge in [-0.1, -0.05) is 12.1 Å². The quantitative estimate of drug-likeness (QED) is 0.103. The third kappa shape index (κ3) is 4.18. The van der Waals surface area contributed by atoms with Crippen LogP contribution in [0.4, 0.5) is 26.3 Å². The largest absolute Gasteiger partial charge is 0.416 e. The van der Waals surface area contributed by atoms with Crippen LogP contribution in [0.2, 0.25) is 0 Å². The predicted molar refractivity (Wildman–Crippen MR) is 170 cm³/mol. The summed E-state index contributed by atoms with van der Waals surface area (Å²) in [4.78, 5) is 51.5. The number of carbonyl (C=O) groups is 4. The molecule has 0 N–H and O–H groups in total. The van der Waals surface area contributed by atoms with Crippen molar-refractivity contribution in [1.82, 2.24) is 9.13 Å². The van der Waals surface area contributed by atoms with E-state index in [1.165, 1.54) is 34.8 Å². The van der Waals surface area contributed by atoms with E-state index in [1.54, 1.807) is 7.05 Å². The van der Waals surface area contributed by atoms with Gasteiger partial charge in [0.25, 0.3) is 0 Å². The number of hydrogen-bond acceptors (Lipinski definition) is 6. The predicted octanol–water partition coefficient (Wildman–Crippen LogP) is 8.60. The van der Waals surface area contributed by atoms with Crippen LogP contribution >= 0.6 is 22.7 Å². The third-order valence-electron chi connectivity index (χ3n) is 8.76. The zero-order valence-corrected chi connectivity index (χ0v) is 26.0. The van der Waals surface area contributed by atoms with E-state index in [4.69, 9.17) is 0 Å². The molecule has 0 unspecified atom stereocenters. The molecule has 0 aliphatic heterocycles. The summed E-state index contributed by atoms with van der Waals surface area (Å²) in [5, 5.41) is 0. The molecule has 48 heavy (non-hydrogen) atoms. The summed E-state index contributed by atoms with van der Waals surface area (Å²) >= 11 is 2.82. The van der Waals surface area contributed by atoms with Crippen molar-refractivity contribution in [1.29, 1.82) is 0 Å². The van der Waals surface area contributed by atoms with Crippen LogP contribution in [-0.4, -0.2) is 32.3 Å². The number of Topliss-reactive ketones (excluding diaryl/α,β-unsaturated/α-hetero) is 4. The molecule has 6 nitrogen and oxygen atoms in total. The number of thiophene rings is 2. The van der Waals surface area contributed by atoms with Crippen LogP contribution in [0.15, 0.2) is 48.5 Å². The Balaban J connectivity index is 1.20. The van der Waals surface area contributed by atoms with Gasteiger partial charge in [-0.05, 0) is 59.7 Å². The highest BCUT2D eigenvalue weighted by Crippen LogP contribution is 2.46. The molecule has 0 fully saturated rings. The SMILES string of the molecule is Cn1c(/C=C2\C(=O)C(=O)c3cc(C(F)(F)F)ccc32)cc2sc3c4sc(/C=C5\C(=O)C(=O)c6cc(C(F)(F)F)ccc65)cc4n(C)c3c21. The lowest BCUT2D eigenvalue weighted by Crippen LogP contribution is -2.08. The van der Waals surface area contributed by atoms with E-state index in [2.05, 4.69) is 0 Å². The number of nitrogens with zero attached hydrogens (tertiary/aromatic N) is 2. The van der Waals surface area contributed by atoms with E-state index in [0.29, 0.717) is 22.7 Å². The molecule has 0 radical (unpaired) electrons. The first-order valence-electron chi connectivity index (χ1n) is 14.1. The van der Waals surface area contributed by atoms with Gasteiger partial charge in [0.1, 0.15) is 0 Å². The Morgan fingerprint density at radius 3 is 1.67 bits per heavy atom. The minimum Gasteiger partial charge on any atom is -0.342 e. The number of rotatable bonds is 2. The third-order valence-corrected chi connectivity index (χ3v) is 11.1. The molecule has 6 aromatic rings. The first-order valence-corrected chi connectivity index (χ1v) is 15.7. The molecule has 14 heteroatoms. The van der Waals surface area contributed by atoms with Crippen molar-refractivity contribution >= 4 is 99.8 Å². The van der Waals surface area contributed by atoms with Crippen molar-refractivity contribution in [3.05, 3.63) is 92.5 Å². The van der Waals surface area contributed by atoms with Crippen LogP contribution in [-0.2, 0) is 36.0 Å². The van der Waals surface area contributed by atoms with Gasteiger partial charge in [0.2, 0.25) is 23.1 Å². The number of ketones is 4. The van der Waals surface area contributed by atoms with Crippen molar-refractivity contribution in [3.63, 3.8) is 0 Å². The number of allylic oxidation sites excluding steroid dienone is 2. The number of aryl methyl sites for hydroxylation is 2. The Morgan fingerprint density at radius 2 is 1.12 bits per heavy atom. The van der Waals surface area contributed by atoms with Crippen LogP contribution in [0.3, 0.4) is 0 Å². The molecule has 4 heterocycles. The summed E-state index contributed by atoms with van der Waals surface area (Å²) in [5.74, 6) is -3.74. The van der Waals surface area contributed by atoms with Crippen LogP contribution < -0.4 is 0 Å². The van der Waals surface area contributed by atoms with E-state index < -0.39 is 46.6 Å². The first-order chi connectivity index (χ1) is 22.5. The molecule has 2 aromatic carbocycles. The molecule has 240 valence electrons. The van der Waals surface area contributed by atoms with Crippen LogP contribution in [0.5, 0.6) is 0 Å². The van der Waals surface area contributed by atoms with E-state index in [1.807, 2.05) is 28.3 Å². The van der Waals surface area contributed by atoms with Gasteiger partial charge in [0.05, 0.1) is 41.8 Å².